The molecule has 3 N–H and O–H groups in total. The van der Waals surface area contributed by atoms with E-state index in [1.165, 1.54) is 15.9 Å². The van der Waals surface area contributed by atoms with E-state index in [-0.39, 0.29) is 63.7 Å². The van der Waals surface area contributed by atoms with Crippen LogP contribution in [0.4, 0.5) is 4.79 Å². The standard InChI is InChI=1S/C34H38N4O10/c1-2-46-33(45)38-17-15-37(16-18-38)31(42)25(11-12-29(39)40)36-30(41)27-20-28(48-34(32(43)44)13-6-14-34)24-10-9-23(19-26(24)35-27)47-21-22-7-4-3-5-8-22/h3-5,7-10,19-20,25H,2,6,11-18,21H2,1H3,(H,36,41)(H,39,40)(H,43,44). The second-order valence-electron chi connectivity index (χ2n) is 11.7. The molecule has 3 aromatic rings. The van der Waals surface area contributed by atoms with E-state index in [9.17, 15) is 34.2 Å². The van der Waals surface area contributed by atoms with Crippen molar-refractivity contribution in [3.8, 4) is 11.5 Å². The number of hydrogen-bond acceptors (Lipinski definition) is 9. The van der Waals surface area contributed by atoms with Crippen molar-refractivity contribution in [2.45, 2.75) is 57.3 Å². The van der Waals surface area contributed by atoms with E-state index in [1.807, 2.05) is 30.3 Å². The molecule has 2 heterocycles. The van der Waals surface area contributed by atoms with Crippen LogP contribution in [0.1, 0.15) is 55.1 Å². The van der Waals surface area contributed by atoms with Crippen LogP contribution >= 0.6 is 0 Å². The van der Waals surface area contributed by atoms with Gasteiger partial charge in [0.05, 0.1) is 12.1 Å². The first-order chi connectivity index (χ1) is 23.1. The zero-order valence-corrected chi connectivity index (χ0v) is 26.6. The highest BCUT2D eigenvalue weighted by atomic mass is 16.6. The molecule has 0 bridgehead atoms. The quantitative estimate of drug-likeness (QED) is 0.243. The predicted octanol–water partition coefficient (Wildman–Crippen LogP) is 3.46. The minimum atomic E-state index is -1.45. The summed E-state index contributed by atoms with van der Waals surface area (Å²) in [7, 11) is 0. The van der Waals surface area contributed by atoms with Gasteiger partial charge in [0.15, 0.2) is 0 Å². The number of carbonyl (C=O) groups excluding carboxylic acids is 3. The first kappa shape index (κ1) is 33.9. The SMILES string of the molecule is CCOC(=O)N1CCN(C(=O)C(CCC(=O)O)NC(=O)c2cc(OC3(C(=O)O)CCC3)c3ccc(OCc4ccccc4)cc3n2)CC1. The zero-order chi connectivity index (χ0) is 34.3. The molecule has 14 nitrogen and oxygen atoms in total. The lowest BCUT2D eigenvalue weighted by atomic mass is 9.80. The number of pyridine rings is 1. The number of aromatic nitrogens is 1. The lowest BCUT2D eigenvalue weighted by Gasteiger charge is -2.38. The molecule has 1 aliphatic heterocycles. The van der Waals surface area contributed by atoms with Crippen LogP contribution in [0.15, 0.2) is 54.6 Å². The van der Waals surface area contributed by atoms with Gasteiger partial charge in [0.25, 0.3) is 5.91 Å². The largest absolute Gasteiger partial charge is 0.489 e. The smallest absolute Gasteiger partial charge is 0.409 e. The van der Waals surface area contributed by atoms with Crippen molar-refractivity contribution in [2.24, 2.45) is 0 Å². The maximum atomic E-state index is 13.7. The monoisotopic (exact) mass is 662 g/mol. The van der Waals surface area contributed by atoms with Crippen molar-refractivity contribution >= 4 is 40.7 Å². The number of fused-ring (bicyclic) bond motifs is 1. The third-order valence-electron chi connectivity index (χ3n) is 8.45. The van der Waals surface area contributed by atoms with Gasteiger partial charge in [-0.15, -0.1) is 0 Å². The normalized spacial score (nSPS) is 15.9. The van der Waals surface area contributed by atoms with Gasteiger partial charge in [-0.2, -0.15) is 0 Å². The second-order valence-corrected chi connectivity index (χ2v) is 11.7. The van der Waals surface area contributed by atoms with Crippen LogP contribution in [0.2, 0.25) is 0 Å². The van der Waals surface area contributed by atoms with E-state index in [0.717, 1.165) is 5.56 Å². The summed E-state index contributed by atoms with van der Waals surface area (Å²) in [4.78, 5) is 70.4. The Balaban J connectivity index is 1.40. The Kier molecular flexibility index (Phi) is 10.6. The highest BCUT2D eigenvalue weighted by Gasteiger charge is 2.47. The minimum absolute atomic E-state index is 0.130. The molecule has 3 amide bonds. The molecule has 2 fully saturated rings. The molecule has 2 aliphatic rings. The lowest BCUT2D eigenvalue weighted by Crippen LogP contribution is -2.56. The van der Waals surface area contributed by atoms with Gasteiger partial charge in [0.2, 0.25) is 11.5 Å². The average molecular weight is 663 g/mol. The fourth-order valence-corrected chi connectivity index (χ4v) is 5.58. The summed E-state index contributed by atoms with van der Waals surface area (Å²) in [6, 6.07) is 14.7. The molecule has 1 saturated heterocycles. The Labute approximate surface area is 276 Å². The van der Waals surface area contributed by atoms with Crippen molar-refractivity contribution in [3.05, 3.63) is 65.9 Å². The first-order valence-electron chi connectivity index (χ1n) is 15.9. The molecule has 1 atom stereocenters. The van der Waals surface area contributed by atoms with Crippen molar-refractivity contribution in [3.63, 3.8) is 0 Å². The highest BCUT2D eigenvalue weighted by Crippen LogP contribution is 2.40. The summed E-state index contributed by atoms with van der Waals surface area (Å²) in [5, 5.41) is 22.4. The predicted molar refractivity (Wildman–Crippen MR) is 171 cm³/mol. The van der Waals surface area contributed by atoms with Crippen molar-refractivity contribution in [2.75, 3.05) is 32.8 Å². The number of nitrogens with zero attached hydrogens (tertiary/aromatic N) is 3. The number of carboxylic acid groups (broad SMARTS) is 2. The van der Waals surface area contributed by atoms with E-state index >= 15 is 0 Å². The number of rotatable bonds is 13. The van der Waals surface area contributed by atoms with Gasteiger partial charge in [0, 0.05) is 50.1 Å². The first-order valence-corrected chi connectivity index (χ1v) is 15.9. The number of amides is 3. The molecule has 48 heavy (non-hydrogen) atoms. The molecule has 1 aromatic heterocycles. The van der Waals surface area contributed by atoms with Gasteiger partial charge in [-0.25, -0.2) is 14.6 Å². The number of carboxylic acids is 2. The number of ether oxygens (including phenoxy) is 3. The molecule has 0 spiro atoms. The number of nitrogens with one attached hydrogen (secondary N) is 1. The summed E-state index contributed by atoms with van der Waals surface area (Å²) >= 11 is 0. The molecular formula is C34H38N4O10. The van der Waals surface area contributed by atoms with E-state index in [1.54, 1.807) is 25.1 Å². The fraction of sp³-hybridized carbons (Fsp3) is 0.412. The Morgan fingerprint density at radius 1 is 0.958 bits per heavy atom. The number of aliphatic carboxylic acids is 2. The molecular weight excluding hydrogens is 624 g/mol. The summed E-state index contributed by atoms with van der Waals surface area (Å²) < 4.78 is 17.1. The molecule has 2 aromatic carbocycles. The minimum Gasteiger partial charge on any atom is -0.489 e. The highest BCUT2D eigenvalue weighted by molar-refractivity contribution is 6.00. The molecule has 1 saturated carbocycles. The van der Waals surface area contributed by atoms with Crippen LogP contribution in [0, 0.1) is 0 Å². The molecule has 0 radical (unpaired) electrons. The van der Waals surface area contributed by atoms with Gasteiger partial charge < -0.3 is 39.5 Å². The van der Waals surface area contributed by atoms with Crippen LogP contribution in [0.3, 0.4) is 0 Å². The summed E-state index contributed by atoms with van der Waals surface area (Å²) in [6.07, 6.45) is 0.196. The fourth-order valence-electron chi connectivity index (χ4n) is 5.58. The maximum absolute atomic E-state index is 13.7. The molecule has 1 unspecified atom stereocenters. The van der Waals surface area contributed by atoms with E-state index < -0.39 is 41.5 Å². The third-order valence-corrected chi connectivity index (χ3v) is 8.45. The maximum Gasteiger partial charge on any atom is 0.409 e. The average Bonchev–Trinajstić information content (AvgIpc) is 3.06. The Morgan fingerprint density at radius 2 is 1.67 bits per heavy atom. The lowest BCUT2D eigenvalue weighted by molar-refractivity contribution is -0.163. The van der Waals surface area contributed by atoms with Crippen LogP contribution in [-0.4, -0.2) is 99.3 Å². The topological polar surface area (TPSA) is 185 Å². The Bertz CT molecular complexity index is 1670. The van der Waals surface area contributed by atoms with Crippen LogP contribution in [-0.2, 0) is 25.7 Å². The number of benzene rings is 2. The third kappa shape index (κ3) is 7.93. The number of carbonyl (C=O) groups is 5. The van der Waals surface area contributed by atoms with Crippen molar-refractivity contribution < 1.29 is 48.4 Å². The molecule has 1 aliphatic carbocycles. The Morgan fingerprint density at radius 3 is 2.29 bits per heavy atom. The number of hydrogen-bond donors (Lipinski definition) is 3. The molecule has 254 valence electrons. The van der Waals surface area contributed by atoms with Crippen LogP contribution in [0.25, 0.3) is 10.9 Å². The van der Waals surface area contributed by atoms with E-state index in [4.69, 9.17) is 14.2 Å². The van der Waals surface area contributed by atoms with Gasteiger partial charge >= 0.3 is 18.0 Å². The summed E-state index contributed by atoms with van der Waals surface area (Å²) in [6.45, 7) is 2.98. The molecule has 14 heteroatoms. The summed E-state index contributed by atoms with van der Waals surface area (Å²) in [5.41, 5.74) is -0.365. The van der Waals surface area contributed by atoms with Crippen LogP contribution < -0.4 is 14.8 Å². The second kappa shape index (κ2) is 15.0. The van der Waals surface area contributed by atoms with E-state index in [2.05, 4.69) is 10.3 Å². The molecule has 5 rings (SSSR count). The van der Waals surface area contributed by atoms with Gasteiger partial charge in [-0.05, 0) is 50.3 Å². The van der Waals surface area contributed by atoms with E-state index in [0.29, 0.717) is 35.9 Å². The van der Waals surface area contributed by atoms with Gasteiger partial charge in [-0.3, -0.25) is 14.4 Å². The van der Waals surface area contributed by atoms with Crippen molar-refractivity contribution in [1.29, 1.82) is 0 Å². The van der Waals surface area contributed by atoms with Gasteiger partial charge in [0.1, 0.15) is 29.8 Å². The zero-order valence-electron chi connectivity index (χ0n) is 26.6. The number of piperazine rings is 1. The van der Waals surface area contributed by atoms with Crippen molar-refractivity contribution in [1.82, 2.24) is 20.1 Å². The Hall–Kier alpha value is -5.40. The van der Waals surface area contributed by atoms with Crippen LogP contribution in [0.5, 0.6) is 11.5 Å². The summed E-state index contributed by atoms with van der Waals surface area (Å²) in [5.74, 6) is -2.95. The van der Waals surface area contributed by atoms with Gasteiger partial charge in [-0.1, -0.05) is 30.3 Å².